The molecule has 1 N–H and O–H groups in total. The number of aromatic amines is 1. The van der Waals surface area contributed by atoms with Gasteiger partial charge in [0.1, 0.15) is 5.69 Å². The van der Waals surface area contributed by atoms with Crippen LogP contribution in [0.5, 0.6) is 0 Å². The van der Waals surface area contributed by atoms with E-state index in [9.17, 15) is 4.79 Å². The third-order valence-corrected chi connectivity index (χ3v) is 6.81. The number of H-pyrrole nitrogens is 1. The molecule has 0 bridgehead atoms. The maximum absolute atomic E-state index is 12.9. The van der Waals surface area contributed by atoms with Gasteiger partial charge in [-0.15, -0.1) is 0 Å². The Hall–Kier alpha value is -2.18. The van der Waals surface area contributed by atoms with Gasteiger partial charge in [0.25, 0.3) is 5.91 Å². The zero-order valence-electron chi connectivity index (χ0n) is 17.1. The van der Waals surface area contributed by atoms with Gasteiger partial charge in [0.2, 0.25) is 5.89 Å². The van der Waals surface area contributed by atoms with Gasteiger partial charge < -0.3 is 9.42 Å². The molecule has 2 saturated carbocycles. The van der Waals surface area contributed by atoms with Crippen LogP contribution in [0.25, 0.3) is 0 Å². The number of hydrogen-bond donors (Lipinski definition) is 1. The summed E-state index contributed by atoms with van der Waals surface area (Å²) < 4.78 is 5.60. The average Bonchev–Trinajstić information content (AvgIpc) is 3.40. The van der Waals surface area contributed by atoms with Crippen molar-refractivity contribution >= 4 is 5.91 Å². The summed E-state index contributed by atoms with van der Waals surface area (Å²) in [5.74, 6) is 3.09. The van der Waals surface area contributed by atoms with Gasteiger partial charge in [-0.25, -0.2) is 0 Å². The fraction of sp³-hybridized carbons (Fsp3) is 0.727. The lowest BCUT2D eigenvalue weighted by Crippen LogP contribution is -2.40. The zero-order valence-corrected chi connectivity index (χ0v) is 17.1. The molecule has 156 valence electrons. The van der Waals surface area contributed by atoms with Crippen LogP contribution < -0.4 is 0 Å². The Morgan fingerprint density at radius 1 is 1.07 bits per heavy atom. The number of rotatable bonds is 5. The summed E-state index contributed by atoms with van der Waals surface area (Å²) in [6.07, 6.45) is 12.8. The van der Waals surface area contributed by atoms with Crippen molar-refractivity contribution in [1.82, 2.24) is 25.2 Å². The van der Waals surface area contributed by atoms with Crippen molar-refractivity contribution in [3.63, 3.8) is 0 Å². The van der Waals surface area contributed by atoms with E-state index < -0.39 is 0 Å². The van der Waals surface area contributed by atoms with E-state index in [0.29, 0.717) is 23.4 Å². The van der Waals surface area contributed by atoms with Crippen molar-refractivity contribution in [3.8, 4) is 0 Å². The molecular formula is C22H31N5O2. The van der Waals surface area contributed by atoms with Crippen molar-refractivity contribution < 1.29 is 9.32 Å². The Kier molecular flexibility index (Phi) is 5.38. The van der Waals surface area contributed by atoms with Gasteiger partial charge in [0.15, 0.2) is 5.82 Å². The molecule has 3 heterocycles. The first-order valence-electron chi connectivity index (χ1n) is 11.4. The van der Waals surface area contributed by atoms with Crippen LogP contribution in [0.4, 0.5) is 0 Å². The van der Waals surface area contributed by atoms with Gasteiger partial charge in [-0.2, -0.15) is 10.1 Å². The molecule has 1 amide bonds. The quantitative estimate of drug-likeness (QED) is 0.764. The molecule has 0 spiro atoms. The number of amides is 1. The van der Waals surface area contributed by atoms with Gasteiger partial charge in [-0.3, -0.25) is 9.89 Å². The number of carbonyl (C=O) groups is 1. The fourth-order valence-corrected chi connectivity index (χ4v) is 4.93. The predicted molar refractivity (Wildman–Crippen MR) is 108 cm³/mol. The largest absolute Gasteiger partial charge is 0.339 e. The SMILES string of the molecule is O=C(c1cc(C2CC2)[nH]n1)N1CCC[C@H](Cc2nc(C3CCCCCC3)no2)C1. The highest BCUT2D eigenvalue weighted by Gasteiger charge is 2.30. The number of aromatic nitrogens is 4. The van der Waals surface area contributed by atoms with Gasteiger partial charge in [-0.05, 0) is 50.5 Å². The maximum Gasteiger partial charge on any atom is 0.274 e. The van der Waals surface area contributed by atoms with Crippen molar-refractivity contribution in [2.24, 2.45) is 5.92 Å². The molecule has 7 nitrogen and oxygen atoms in total. The summed E-state index contributed by atoms with van der Waals surface area (Å²) in [5.41, 5.74) is 1.67. The molecule has 7 heteroatoms. The van der Waals surface area contributed by atoms with Crippen LogP contribution in [0.3, 0.4) is 0 Å². The van der Waals surface area contributed by atoms with Crippen LogP contribution in [0.15, 0.2) is 10.6 Å². The molecule has 0 unspecified atom stereocenters. The number of nitrogens with zero attached hydrogens (tertiary/aromatic N) is 4. The monoisotopic (exact) mass is 397 g/mol. The van der Waals surface area contributed by atoms with Gasteiger partial charge in [0, 0.05) is 37.0 Å². The molecule has 1 saturated heterocycles. The molecule has 1 atom stereocenters. The maximum atomic E-state index is 12.9. The molecule has 3 aliphatic rings. The molecule has 0 radical (unpaired) electrons. The lowest BCUT2D eigenvalue weighted by Gasteiger charge is -2.31. The molecule has 0 aromatic carbocycles. The van der Waals surface area contributed by atoms with E-state index in [-0.39, 0.29) is 5.91 Å². The number of likely N-dealkylation sites (tertiary alicyclic amines) is 1. The van der Waals surface area contributed by atoms with E-state index in [1.54, 1.807) is 0 Å². The van der Waals surface area contributed by atoms with Crippen LogP contribution in [0.1, 0.15) is 104 Å². The lowest BCUT2D eigenvalue weighted by atomic mass is 9.94. The van der Waals surface area contributed by atoms with E-state index in [2.05, 4.69) is 15.4 Å². The van der Waals surface area contributed by atoms with E-state index >= 15 is 0 Å². The highest BCUT2D eigenvalue weighted by molar-refractivity contribution is 5.92. The minimum atomic E-state index is 0.0440. The Labute approximate surface area is 171 Å². The molecule has 29 heavy (non-hydrogen) atoms. The molecule has 3 fully saturated rings. The highest BCUT2D eigenvalue weighted by Crippen LogP contribution is 2.39. The molecule has 2 aromatic rings. The number of hydrogen-bond acceptors (Lipinski definition) is 5. The van der Waals surface area contributed by atoms with Crippen LogP contribution in [0.2, 0.25) is 0 Å². The van der Waals surface area contributed by atoms with Crippen molar-refractivity contribution in [2.45, 2.75) is 82.5 Å². The Morgan fingerprint density at radius 3 is 2.69 bits per heavy atom. The van der Waals surface area contributed by atoms with Gasteiger partial charge in [0.05, 0.1) is 0 Å². The normalized spacial score (nSPS) is 23.9. The molecular weight excluding hydrogens is 366 g/mol. The van der Waals surface area contributed by atoms with E-state index in [0.717, 1.165) is 49.8 Å². The summed E-state index contributed by atoms with van der Waals surface area (Å²) in [5, 5.41) is 11.6. The summed E-state index contributed by atoms with van der Waals surface area (Å²) in [6.45, 7) is 1.55. The molecule has 5 rings (SSSR count). The molecule has 1 aliphatic heterocycles. The second-order valence-corrected chi connectivity index (χ2v) is 9.18. The van der Waals surface area contributed by atoms with Crippen LogP contribution >= 0.6 is 0 Å². The fourth-order valence-electron chi connectivity index (χ4n) is 4.93. The number of carbonyl (C=O) groups excluding carboxylic acids is 1. The Morgan fingerprint density at radius 2 is 1.90 bits per heavy atom. The topological polar surface area (TPSA) is 87.9 Å². The van der Waals surface area contributed by atoms with Gasteiger partial charge in [-0.1, -0.05) is 30.8 Å². The van der Waals surface area contributed by atoms with E-state index in [4.69, 9.17) is 9.51 Å². The molecule has 2 aromatic heterocycles. The number of nitrogens with one attached hydrogen (secondary N) is 1. The Balaban J connectivity index is 1.19. The van der Waals surface area contributed by atoms with Crippen LogP contribution in [-0.4, -0.2) is 44.2 Å². The third-order valence-electron chi connectivity index (χ3n) is 6.81. The number of piperidine rings is 1. The van der Waals surface area contributed by atoms with Crippen molar-refractivity contribution in [3.05, 3.63) is 29.2 Å². The predicted octanol–water partition coefficient (Wildman–Crippen LogP) is 4.20. The smallest absolute Gasteiger partial charge is 0.274 e. The summed E-state index contributed by atoms with van der Waals surface area (Å²) in [4.78, 5) is 19.6. The van der Waals surface area contributed by atoms with E-state index in [1.807, 2.05) is 11.0 Å². The lowest BCUT2D eigenvalue weighted by molar-refractivity contribution is 0.0662. The first kappa shape index (κ1) is 18.8. The van der Waals surface area contributed by atoms with Crippen molar-refractivity contribution in [2.75, 3.05) is 13.1 Å². The second kappa shape index (κ2) is 8.28. The van der Waals surface area contributed by atoms with E-state index in [1.165, 1.54) is 51.4 Å². The first-order valence-corrected chi connectivity index (χ1v) is 11.4. The summed E-state index contributed by atoms with van der Waals surface area (Å²) in [6, 6.07) is 1.95. The zero-order chi connectivity index (χ0) is 19.6. The Bertz CT molecular complexity index is 832. The standard InChI is InChI=1S/C22H31N5O2/c28-22(19-13-18(24-25-19)16-9-10-16)27-11-5-6-15(14-27)12-20-23-21(26-29-20)17-7-3-1-2-4-8-17/h13,15-17H,1-12,14H2,(H,24,25)/t15-/m1/s1. The van der Waals surface area contributed by atoms with Crippen LogP contribution in [-0.2, 0) is 6.42 Å². The summed E-state index contributed by atoms with van der Waals surface area (Å²) in [7, 11) is 0. The highest BCUT2D eigenvalue weighted by atomic mass is 16.5. The minimum absolute atomic E-state index is 0.0440. The first-order chi connectivity index (χ1) is 14.3. The minimum Gasteiger partial charge on any atom is -0.339 e. The molecule has 2 aliphatic carbocycles. The third kappa shape index (κ3) is 4.38. The van der Waals surface area contributed by atoms with Gasteiger partial charge >= 0.3 is 0 Å². The summed E-state index contributed by atoms with van der Waals surface area (Å²) >= 11 is 0. The van der Waals surface area contributed by atoms with Crippen molar-refractivity contribution in [1.29, 1.82) is 0 Å². The second-order valence-electron chi connectivity index (χ2n) is 9.18. The van der Waals surface area contributed by atoms with Crippen LogP contribution in [0, 0.1) is 5.92 Å². The average molecular weight is 398 g/mol.